The average molecular weight is 401 g/mol. The summed E-state index contributed by atoms with van der Waals surface area (Å²) in [5, 5.41) is 6.83. The molecule has 0 radical (unpaired) electrons. The van der Waals surface area contributed by atoms with Gasteiger partial charge >= 0.3 is 5.69 Å². The molecule has 2 fully saturated rings. The number of carbonyl (C=O) groups excluding carboxylic acids is 2. The first kappa shape index (κ1) is 19.4. The van der Waals surface area contributed by atoms with Crippen LogP contribution in [0.2, 0.25) is 0 Å². The molecule has 1 N–H and O–H groups in total. The van der Waals surface area contributed by atoms with Crippen molar-refractivity contribution < 1.29 is 14.0 Å². The molecule has 0 spiro atoms. The van der Waals surface area contributed by atoms with E-state index in [9.17, 15) is 18.8 Å². The third-order valence-electron chi connectivity index (χ3n) is 5.61. The van der Waals surface area contributed by atoms with Gasteiger partial charge in [0.05, 0.1) is 5.69 Å². The number of nitrogens with one attached hydrogen (secondary N) is 1. The molecule has 0 unspecified atom stereocenters. The number of amides is 2. The highest BCUT2D eigenvalue weighted by molar-refractivity contribution is 5.90. The molecule has 0 bridgehead atoms. The van der Waals surface area contributed by atoms with Gasteiger partial charge in [-0.25, -0.2) is 13.9 Å². The Kier molecular flexibility index (Phi) is 5.21. The molecule has 1 aromatic heterocycles. The zero-order chi connectivity index (χ0) is 20.5. The molecule has 29 heavy (non-hydrogen) atoms. The van der Waals surface area contributed by atoms with Crippen molar-refractivity contribution >= 4 is 17.5 Å². The molecule has 1 saturated carbocycles. The predicted molar refractivity (Wildman–Crippen MR) is 104 cm³/mol. The minimum Gasteiger partial charge on any atom is -0.342 e. The summed E-state index contributed by atoms with van der Waals surface area (Å²) in [5.74, 6) is 0.0731. The number of hydrogen-bond acceptors (Lipinski definition) is 4. The maximum absolute atomic E-state index is 13.7. The Hall–Kier alpha value is -2.97. The number of rotatable bonds is 5. The van der Waals surface area contributed by atoms with E-state index in [-0.39, 0.29) is 35.7 Å². The van der Waals surface area contributed by atoms with Crippen molar-refractivity contribution in [3.05, 3.63) is 46.4 Å². The highest BCUT2D eigenvalue weighted by Crippen LogP contribution is 2.33. The van der Waals surface area contributed by atoms with E-state index >= 15 is 0 Å². The quantitative estimate of drug-likeness (QED) is 0.822. The van der Waals surface area contributed by atoms with Crippen LogP contribution in [-0.2, 0) is 23.2 Å². The van der Waals surface area contributed by atoms with Crippen molar-refractivity contribution in [2.75, 3.05) is 18.4 Å². The minimum absolute atomic E-state index is 0.0619. The molecule has 2 aliphatic rings. The molecular formula is C20H24FN5O3. The average Bonchev–Trinajstić information content (AvgIpc) is 3.53. The Morgan fingerprint density at radius 3 is 2.52 bits per heavy atom. The SMILES string of the molecule is Cn1c(C2CCN(C(=O)C3CC3)CC2)nn(CC(=O)Nc2ccccc2F)c1=O. The van der Waals surface area contributed by atoms with E-state index in [0.29, 0.717) is 18.9 Å². The molecule has 9 heteroatoms. The van der Waals surface area contributed by atoms with Crippen molar-refractivity contribution in [3.8, 4) is 0 Å². The smallest absolute Gasteiger partial charge is 0.342 e. The molecule has 2 aromatic rings. The van der Waals surface area contributed by atoms with Gasteiger partial charge in [-0.05, 0) is 37.8 Å². The van der Waals surface area contributed by atoms with Crippen LogP contribution in [-0.4, -0.2) is 44.2 Å². The van der Waals surface area contributed by atoms with Gasteiger partial charge in [-0.1, -0.05) is 12.1 Å². The van der Waals surface area contributed by atoms with Gasteiger partial charge < -0.3 is 10.2 Å². The van der Waals surface area contributed by atoms with Crippen LogP contribution in [0.25, 0.3) is 0 Å². The van der Waals surface area contributed by atoms with E-state index in [4.69, 9.17) is 0 Å². The summed E-state index contributed by atoms with van der Waals surface area (Å²) < 4.78 is 16.3. The Morgan fingerprint density at radius 1 is 1.17 bits per heavy atom. The number of carbonyl (C=O) groups is 2. The first-order chi connectivity index (χ1) is 13.9. The number of piperidine rings is 1. The summed E-state index contributed by atoms with van der Waals surface area (Å²) in [6.07, 6.45) is 3.47. The number of likely N-dealkylation sites (tertiary alicyclic amines) is 1. The number of para-hydroxylation sites is 1. The van der Waals surface area contributed by atoms with Crippen LogP contribution < -0.4 is 11.0 Å². The Balaban J connectivity index is 1.41. The number of hydrogen-bond donors (Lipinski definition) is 1. The van der Waals surface area contributed by atoms with Gasteiger partial charge in [-0.3, -0.25) is 14.2 Å². The second kappa shape index (κ2) is 7.81. The molecule has 2 amide bonds. The maximum atomic E-state index is 13.7. The Labute approximate surface area is 167 Å². The number of halogens is 1. The second-order valence-corrected chi connectivity index (χ2v) is 7.76. The molecule has 8 nitrogen and oxygen atoms in total. The number of anilines is 1. The Morgan fingerprint density at radius 2 is 1.86 bits per heavy atom. The van der Waals surface area contributed by atoms with E-state index in [1.165, 1.54) is 22.8 Å². The molecule has 1 saturated heterocycles. The third-order valence-corrected chi connectivity index (χ3v) is 5.61. The van der Waals surface area contributed by atoms with Crippen LogP contribution in [0, 0.1) is 11.7 Å². The van der Waals surface area contributed by atoms with Gasteiger partial charge in [-0.2, -0.15) is 5.10 Å². The summed E-state index contributed by atoms with van der Waals surface area (Å²) in [5.41, 5.74) is -0.324. The fraction of sp³-hybridized carbons (Fsp3) is 0.500. The summed E-state index contributed by atoms with van der Waals surface area (Å²) in [6.45, 7) is 1.03. The zero-order valence-corrected chi connectivity index (χ0v) is 16.3. The van der Waals surface area contributed by atoms with E-state index < -0.39 is 11.7 Å². The topological polar surface area (TPSA) is 89.2 Å². The maximum Gasteiger partial charge on any atom is 0.346 e. The molecular weight excluding hydrogens is 377 g/mol. The van der Waals surface area contributed by atoms with Gasteiger partial charge in [-0.15, -0.1) is 0 Å². The standard InChI is InChI=1S/C20H24FN5O3/c1-24-18(13-8-10-25(11-9-13)19(28)14-6-7-14)23-26(20(24)29)12-17(27)22-16-5-3-2-4-15(16)21/h2-5,13-14H,6-12H2,1H3,(H,22,27). The summed E-state index contributed by atoms with van der Waals surface area (Å²) >= 11 is 0. The molecule has 1 aliphatic heterocycles. The van der Waals surface area contributed by atoms with Gasteiger partial charge in [0.15, 0.2) is 0 Å². The number of aromatic nitrogens is 3. The normalized spacial score (nSPS) is 17.4. The van der Waals surface area contributed by atoms with Crippen molar-refractivity contribution in [2.24, 2.45) is 13.0 Å². The summed E-state index contributed by atoms with van der Waals surface area (Å²) in [4.78, 5) is 38.9. The third kappa shape index (κ3) is 4.08. The zero-order valence-electron chi connectivity index (χ0n) is 16.3. The van der Waals surface area contributed by atoms with Gasteiger partial charge in [0.1, 0.15) is 18.2 Å². The summed E-state index contributed by atoms with van der Waals surface area (Å²) in [7, 11) is 1.64. The van der Waals surface area contributed by atoms with Gasteiger partial charge in [0.2, 0.25) is 11.8 Å². The van der Waals surface area contributed by atoms with Crippen LogP contribution >= 0.6 is 0 Å². The van der Waals surface area contributed by atoms with Crippen LogP contribution in [0.15, 0.2) is 29.1 Å². The van der Waals surface area contributed by atoms with E-state index in [0.717, 1.165) is 30.4 Å². The van der Waals surface area contributed by atoms with Gasteiger partial charge in [0.25, 0.3) is 0 Å². The number of nitrogens with zero attached hydrogens (tertiary/aromatic N) is 4. The van der Waals surface area contributed by atoms with Crippen molar-refractivity contribution in [1.29, 1.82) is 0 Å². The lowest BCUT2D eigenvalue weighted by Gasteiger charge is -2.31. The van der Waals surface area contributed by atoms with E-state index in [1.54, 1.807) is 13.1 Å². The molecule has 2 heterocycles. The lowest BCUT2D eigenvalue weighted by Crippen LogP contribution is -2.39. The Bertz CT molecular complexity index is 986. The fourth-order valence-corrected chi connectivity index (χ4v) is 3.80. The van der Waals surface area contributed by atoms with Crippen molar-refractivity contribution in [3.63, 3.8) is 0 Å². The highest BCUT2D eigenvalue weighted by Gasteiger charge is 2.36. The predicted octanol–water partition coefficient (Wildman–Crippen LogP) is 1.48. The molecule has 4 rings (SSSR count). The first-order valence-corrected chi connectivity index (χ1v) is 9.91. The first-order valence-electron chi connectivity index (χ1n) is 9.91. The van der Waals surface area contributed by atoms with Crippen LogP contribution in [0.5, 0.6) is 0 Å². The van der Waals surface area contributed by atoms with Gasteiger partial charge in [0, 0.05) is 32.0 Å². The minimum atomic E-state index is -0.539. The monoisotopic (exact) mass is 401 g/mol. The second-order valence-electron chi connectivity index (χ2n) is 7.76. The van der Waals surface area contributed by atoms with Crippen LogP contribution in [0.3, 0.4) is 0 Å². The highest BCUT2D eigenvalue weighted by atomic mass is 19.1. The largest absolute Gasteiger partial charge is 0.346 e. The fourth-order valence-electron chi connectivity index (χ4n) is 3.80. The lowest BCUT2D eigenvalue weighted by molar-refractivity contribution is -0.133. The lowest BCUT2D eigenvalue weighted by atomic mass is 9.95. The van der Waals surface area contributed by atoms with E-state index in [1.807, 2.05) is 4.90 Å². The molecule has 0 atom stereocenters. The molecule has 1 aromatic carbocycles. The molecule has 1 aliphatic carbocycles. The molecule has 154 valence electrons. The van der Waals surface area contributed by atoms with E-state index in [2.05, 4.69) is 10.4 Å². The summed E-state index contributed by atoms with van der Waals surface area (Å²) in [6, 6.07) is 5.85. The van der Waals surface area contributed by atoms with Crippen molar-refractivity contribution in [2.45, 2.75) is 38.1 Å². The number of benzene rings is 1. The van der Waals surface area contributed by atoms with Crippen LogP contribution in [0.1, 0.15) is 37.4 Å². The van der Waals surface area contributed by atoms with Crippen molar-refractivity contribution in [1.82, 2.24) is 19.2 Å². The van der Waals surface area contributed by atoms with Crippen LogP contribution in [0.4, 0.5) is 10.1 Å².